The van der Waals surface area contributed by atoms with E-state index < -0.39 is 91.8 Å². The molecule has 0 radical (unpaired) electrons. The molecule has 2 saturated heterocycles. The molecule has 4 aliphatic rings. The fourth-order valence-corrected chi connectivity index (χ4v) is 8.68. The number of esters is 1. The van der Waals surface area contributed by atoms with Gasteiger partial charge in [-0.15, -0.1) is 6.58 Å². The molecule has 0 spiro atoms. The summed E-state index contributed by atoms with van der Waals surface area (Å²) in [6, 6.07) is 2.35. The van der Waals surface area contributed by atoms with E-state index in [1.165, 1.54) is 17.0 Å². The largest absolute Gasteiger partial charge is 0.462 e. The predicted molar refractivity (Wildman–Crippen MR) is 214 cm³/mol. The van der Waals surface area contributed by atoms with Gasteiger partial charge in [0.2, 0.25) is 21.8 Å². The molecule has 2 aliphatic heterocycles. The molecule has 2 unspecified atom stereocenters. The monoisotopic (exact) mass is 830 g/mol. The van der Waals surface area contributed by atoms with Crippen LogP contribution in [-0.4, -0.2) is 110 Å². The van der Waals surface area contributed by atoms with Crippen LogP contribution in [0, 0.1) is 11.3 Å². The molecule has 4 fully saturated rings. The van der Waals surface area contributed by atoms with Crippen LogP contribution in [0.5, 0.6) is 0 Å². The number of likely N-dealkylation sites (tertiary alicyclic amines) is 1. The van der Waals surface area contributed by atoms with Crippen LogP contribution >= 0.6 is 0 Å². The number of piperidine rings is 1. The van der Waals surface area contributed by atoms with Gasteiger partial charge in [0.15, 0.2) is 0 Å². The van der Waals surface area contributed by atoms with Crippen molar-refractivity contribution in [1.29, 1.82) is 0 Å². The van der Waals surface area contributed by atoms with Crippen molar-refractivity contribution in [3.8, 4) is 0 Å². The number of nitrogens with zero attached hydrogens (tertiary/aromatic N) is 2. The molecule has 0 bridgehead atoms. The number of hydrogen-bond acceptors (Lipinski definition) is 12. The highest BCUT2D eigenvalue weighted by Crippen LogP contribution is 2.45. The van der Waals surface area contributed by atoms with Gasteiger partial charge in [-0.05, 0) is 89.8 Å². The molecular formula is C40H58N6O11S. The highest BCUT2D eigenvalue weighted by Gasteiger charge is 2.62. The number of rotatable bonds is 13. The molecule has 2 saturated carbocycles. The zero-order valence-corrected chi connectivity index (χ0v) is 35.3. The van der Waals surface area contributed by atoms with Crippen LogP contribution in [0.3, 0.4) is 0 Å². The number of ether oxygens (including phenoxy) is 3. The van der Waals surface area contributed by atoms with Gasteiger partial charge in [-0.1, -0.05) is 26.8 Å². The number of nitrogens with one attached hydrogen (secondary N) is 4. The predicted octanol–water partition coefficient (Wildman–Crippen LogP) is 3.98. The first-order chi connectivity index (χ1) is 27.1. The van der Waals surface area contributed by atoms with E-state index in [2.05, 4.69) is 32.2 Å². The molecule has 0 aromatic heterocycles. The Balaban J connectivity index is 1.41. The lowest BCUT2D eigenvalue weighted by Gasteiger charge is -2.36. The minimum atomic E-state index is -3.96. The molecule has 58 heavy (non-hydrogen) atoms. The number of alkyl carbamates (subject to hydrolysis) is 1. The third-order valence-electron chi connectivity index (χ3n) is 10.6. The number of hydrogen-bond donors (Lipinski definition) is 4. The maximum Gasteiger partial charge on any atom is 0.412 e. The van der Waals surface area contributed by atoms with E-state index in [1.54, 1.807) is 60.6 Å². The van der Waals surface area contributed by atoms with E-state index in [-0.39, 0.29) is 31.6 Å². The van der Waals surface area contributed by atoms with Gasteiger partial charge >= 0.3 is 18.2 Å². The van der Waals surface area contributed by atoms with Crippen LogP contribution in [0.2, 0.25) is 0 Å². The summed E-state index contributed by atoms with van der Waals surface area (Å²) in [5, 5.41) is 7.43. The summed E-state index contributed by atoms with van der Waals surface area (Å²) in [6.07, 6.45) is 2.31. The molecule has 1 aromatic carbocycles. The molecule has 4 N–H and O–H groups in total. The number of anilines is 2. The van der Waals surface area contributed by atoms with Gasteiger partial charge in [0.1, 0.15) is 29.3 Å². The van der Waals surface area contributed by atoms with Crippen LogP contribution in [0.4, 0.5) is 21.0 Å². The Kier molecular flexibility index (Phi) is 13.1. The first-order valence-corrected chi connectivity index (χ1v) is 21.5. The molecular weight excluding hydrogens is 773 g/mol. The topological polar surface area (TPSA) is 219 Å². The maximum absolute atomic E-state index is 14.5. The minimum absolute atomic E-state index is 0.0757. The van der Waals surface area contributed by atoms with Gasteiger partial charge in [-0.3, -0.25) is 24.4 Å². The first-order valence-electron chi connectivity index (χ1n) is 19.9. The number of carbonyl (C=O) groups excluding carboxylic acids is 6. The van der Waals surface area contributed by atoms with Gasteiger partial charge in [-0.25, -0.2) is 22.8 Å². The van der Waals surface area contributed by atoms with Crippen LogP contribution < -0.4 is 25.6 Å². The molecule has 18 heteroatoms. The molecule has 5 amide bonds. The number of amides is 5. The van der Waals surface area contributed by atoms with E-state index in [1.807, 2.05) is 0 Å². The summed E-state index contributed by atoms with van der Waals surface area (Å²) >= 11 is 0. The van der Waals surface area contributed by atoms with Crippen molar-refractivity contribution in [2.45, 2.75) is 128 Å². The summed E-state index contributed by atoms with van der Waals surface area (Å²) < 4.78 is 44.0. The van der Waals surface area contributed by atoms with Crippen LogP contribution in [0.25, 0.3) is 0 Å². The smallest absolute Gasteiger partial charge is 0.412 e. The van der Waals surface area contributed by atoms with Crippen molar-refractivity contribution in [2.75, 3.05) is 36.5 Å². The number of benzene rings is 1. The van der Waals surface area contributed by atoms with Gasteiger partial charge in [0.05, 0.1) is 35.3 Å². The quantitative estimate of drug-likeness (QED) is 0.126. The minimum Gasteiger partial charge on any atom is -0.462 e. The summed E-state index contributed by atoms with van der Waals surface area (Å²) in [4.78, 5) is 84.9. The number of sulfonamides is 1. The van der Waals surface area contributed by atoms with Crippen molar-refractivity contribution in [3.63, 3.8) is 0 Å². The Hall–Kier alpha value is -4.87. The van der Waals surface area contributed by atoms with E-state index in [4.69, 9.17) is 14.2 Å². The van der Waals surface area contributed by atoms with E-state index in [0.717, 1.165) is 32.4 Å². The lowest BCUT2D eigenvalue weighted by atomic mass is 9.85. The zero-order valence-electron chi connectivity index (χ0n) is 34.5. The van der Waals surface area contributed by atoms with Gasteiger partial charge in [0.25, 0.3) is 5.91 Å². The molecule has 17 nitrogen and oxygen atoms in total. The maximum atomic E-state index is 14.5. The Bertz CT molecular complexity index is 1900. The Morgan fingerprint density at radius 3 is 2.24 bits per heavy atom. The average Bonchev–Trinajstić information content (AvgIpc) is 4.06. The summed E-state index contributed by atoms with van der Waals surface area (Å²) in [5.74, 6) is -3.53. The SMILES string of the molecule is C=CC1CC1(NC(=O)[C@@H]1C[C@@H](OC(=O)Nc2cc(C(=O)OCC)ccc2N2CCCCC2)CN1C(=O)[C@@H](NC(=O)OC(C)(C)C)C(C)(C)C)C(=O)NS(=O)(=O)C1CC1. The summed E-state index contributed by atoms with van der Waals surface area (Å²) in [6.45, 7) is 17.0. The van der Waals surface area contributed by atoms with Gasteiger partial charge in [-0.2, -0.15) is 0 Å². The second-order valence-electron chi connectivity index (χ2n) is 17.5. The van der Waals surface area contributed by atoms with E-state index in [9.17, 15) is 37.2 Å². The van der Waals surface area contributed by atoms with Gasteiger partial charge in [0, 0.05) is 25.4 Å². The molecule has 5 atom stereocenters. The fraction of sp³-hybridized carbons (Fsp3) is 0.650. The highest BCUT2D eigenvalue weighted by molar-refractivity contribution is 7.91. The van der Waals surface area contributed by atoms with E-state index >= 15 is 0 Å². The average molecular weight is 831 g/mol. The summed E-state index contributed by atoms with van der Waals surface area (Å²) in [7, 11) is -3.96. The first kappa shape index (κ1) is 44.2. The van der Waals surface area contributed by atoms with Gasteiger partial charge < -0.3 is 34.6 Å². The summed E-state index contributed by atoms with van der Waals surface area (Å²) in [5.41, 5.74) is -2.21. The lowest BCUT2D eigenvalue weighted by molar-refractivity contribution is -0.143. The zero-order chi connectivity index (χ0) is 42.8. The van der Waals surface area contributed by atoms with Crippen LogP contribution in [-0.2, 0) is 38.6 Å². The molecule has 5 rings (SSSR count). The Morgan fingerprint density at radius 2 is 1.67 bits per heavy atom. The lowest BCUT2D eigenvalue weighted by Crippen LogP contribution is -2.60. The van der Waals surface area contributed by atoms with Crippen molar-refractivity contribution in [2.24, 2.45) is 11.3 Å². The molecule has 2 aliphatic carbocycles. The third-order valence-corrected chi connectivity index (χ3v) is 12.4. The second kappa shape index (κ2) is 17.2. The highest BCUT2D eigenvalue weighted by atomic mass is 32.2. The fourth-order valence-electron chi connectivity index (χ4n) is 7.31. The van der Waals surface area contributed by atoms with Crippen molar-refractivity contribution in [3.05, 3.63) is 36.4 Å². The van der Waals surface area contributed by atoms with Crippen molar-refractivity contribution >= 4 is 57.3 Å². The van der Waals surface area contributed by atoms with Crippen molar-refractivity contribution in [1.82, 2.24) is 20.3 Å². The standard InChI is InChI=1S/C40H58N6O11S/c1-9-25-22-40(25,35(50)44-58(53,54)27-15-16-27)43-32(47)30-21-26(23-46(30)33(48)31(38(3,4)5)42-37(52)57-39(6,7)8)56-36(51)41-28-20-24(34(49)55-10-2)14-17-29(28)45-18-12-11-13-19-45/h9,14,17,20,25-27,30-31H,1,10-13,15-16,18-19,21-23H2,2-8H3,(H,41,51)(H,42,52)(H,43,47)(H,44,50)/t25?,26-,30+,31-,40?/m1/s1. The van der Waals surface area contributed by atoms with E-state index in [0.29, 0.717) is 24.2 Å². The Morgan fingerprint density at radius 1 is 1.00 bits per heavy atom. The molecule has 2 heterocycles. The third kappa shape index (κ3) is 10.6. The second-order valence-corrected chi connectivity index (χ2v) is 19.5. The Labute approximate surface area is 340 Å². The molecule has 1 aromatic rings. The van der Waals surface area contributed by atoms with Crippen molar-refractivity contribution < 1.29 is 51.4 Å². The number of carbonyl (C=O) groups is 6. The van der Waals surface area contributed by atoms with Crippen LogP contribution in [0.1, 0.15) is 104 Å². The van der Waals surface area contributed by atoms with Crippen LogP contribution in [0.15, 0.2) is 30.9 Å². The molecule has 320 valence electrons. The normalized spacial score (nSPS) is 23.8.